The van der Waals surface area contributed by atoms with E-state index in [0.717, 1.165) is 6.42 Å². The summed E-state index contributed by atoms with van der Waals surface area (Å²) in [5.74, 6) is -0.281. The van der Waals surface area contributed by atoms with Crippen molar-refractivity contribution in [2.45, 2.75) is 12.5 Å². The molecule has 3 nitrogen and oxygen atoms in total. The number of esters is 1. The molecular formula is C6H9NO2. The Balaban J connectivity index is 2.47. The Hall–Kier alpha value is -0.830. The smallest absolute Gasteiger partial charge is 0.330 e. The normalized spacial score (nSPS) is 25.9. The summed E-state index contributed by atoms with van der Waals surface area (Å²) in [6, 6.07) is 0. The van der Waals surface area contributed by atoms with Crippen LogP contribution in [0.25, 0.3) is 0 Å². The van der Waals surface area contributed by atoms with E-state index in [-0.39, 0.29) is 12.1 Å². The van der Waals surface area contributed by atoms with Crippen LogP contribution in [0, 0.1) is 0 Å². The number of hydrogen-bond donors (Lipinski definition) is 1. The van der Waals surface area contributed by atoms with E-state index in [4.69, 9.17) is 10.5 Å². The van der Waals surface area contributed by atoms with Gasteiger partial charge in [-0.1, -0.05) is 6.08 Å². The number of carbonyl (C=O) groups is 1. The van der Waals surface area contributed by atoms with Crippen molar-refractivity contribution >= 4 is 5.97 Å². The molecule has 0 aliphatic carbocycles. The van der Waals surface area contributed by atoms with Crippen molar-refractivity contribution in [3.8, 4) is 0 Å². The summed E-state index contributed by atoms with van der Waals surface area (Å²) < 4.78 is 4.78. The molecule has 0 radical (unpaired) electrons. The molecule has 1 atom stereocenters. The fraction of sp³-hybridized carbons (Fsp3) is 0.500. The second kappa shape index (κ2) is 2.64. The van der Waals surface area contributed by atoms with Gasteiger partial charge in [-0.2, -0.15) is 0 Å². The maximum atomic E-state index is 10.5. The average Bonchev–Trinajstić information content (AvgIpc) is 1.88. The van der Waals surface area contributed by atoms with Gasteiger partial charge >= 0.3 is 5.97 Å². The molecule has 0 fully saturated rings. The molecule has 9 heavy (non-hydrogen) atoms. The van der Waals surface area contributed by atoms with E-state index >= 15 is 0 Å². The molecule has 0 aromatic rings. The Labute approximate surface area is 53.5 Å². The lowest BCUT2D eigenvalue weighted by atomic mass is 10.2. The number of rotatable bonds is 1. The first-order valence-corrected chi connectivity index (χ1v) is 2.90. The van der Waals surface area contributed by atoms with Gasteiger partial charge in [0, 0.05) is 19.0 Å². The second-order valence-electron chi connectivity index (χ2n) is 1.93. The Morgan fingerprint density at radius 3 is 3.11 bits per heavy atom. The lowest BCUT2D eigenvalue weighted by molar-refractivity contribution is -0.143. The van der Waals surface area contributed by atoms with E-state index in [0.29, 0.717) is 6.54 Å². The van der Waals surface area contributed by atoms with Crippen molar-refractivity contribution in [1.29, 1.82) is 0 Å². The zero-order valence-electron chi connectivity index (χ0n) is 5.04. The van der Waals surface area contributed by atoms with Crippen LogP contribution >= 0.6 is 0 Å². The molecule has 0 saturated carbocycles. The van der Waals surface area contributed by atoms with Gasteiger partial charge in [0.05, 0.1) is 0 Å². The average molecular weight is 127 g/mol. The summed E-state index contributed by atoms with van der Waals surface area (Å²) in [6.07, 6.45) is 3.86. The van der Waals surface area contributed by atoms with Crippen molar-refractivity contribution in [3.63, 3.8) is 0 Å². The lowest BCUT2D eigenvalue weighted by Crippen LogP contribution is -2.27. The maximum Gasteiger partial charge on any atom is 0.330 e. The molecule has 0 unspecified atom stereocenters. The van der Waals surface area contributed by atoms with Crippen LogP contribution in [0.4, 0.5) is 0 Å². The molecule has 0 saturated heterocycles. The molecule has 2 N–H and O–H groups in total. The van der Waals surface area contributed by atoms with Gasteiger partial charge in [0.25, 0.3) is 0 Å². The number of nitrogens with two attached hydrogens (primary N) is 1. The standard InChI is InChI=1S/C6H9NO2/c7-4-5-2-1-3-6(8)9-5/h1,3,5H,2,4,7H2/t5-/m0/s1. The van der Waals surface area contributed by atoms with Crippen LogP contribution in [-0.2, 0) is 9.53 Å². The van der Waals surface area contributed by atoms with Crippen LogP contribution in [0.5, 0.6) is 0 Å². The van der Waals surface area contributed by atoms with E-state index in [1.807, 2.05) is 0 Å². The number of carbonyl (C=O) groups excluding carboxylic acids is 1. The molecule has 1 rings (SSSR count). The van der Waals surface area contributed by atoms with Gasteiger partial charge in [-0.3, -0.25) is 0 Å². The van der Waals surface area contributed by atoms with E-state index in [1.165, 1.54) is 6.08 Å². The first-order valence-electron chi connectivity index (χ1n) is 2.90. The Bertz CT molecular complexity index is 142. The number of hydrogen-bond acceptors (Lipinski definition) is 3. The van der Waals surface area contributed by atoms with Crippen LogP contribution in [0.3, 0.4) is 0 Å². The number of cyclic esters (lactones) is 1. The van der Waals surface area contributed by atoms with Gasteiger partial charge in [-0.25, -0.2) is 4.79 Å². The monoisotopic (exact) mass is 127 g/mol. The van der Waals surface area contributed by atoms with Crippen LogP contribution in [0.15, 0.2) is 12.2 Å². The van der Waals surface area contributed by atoms with Crippen LogP contribution in [0.2, 0.25) is 0 Å². The Morgan fingerprint density at radius 2 is 2.67 bits per heavy atom. The lowest BCUT2D eigenvalue weighted by Gasteiger charge is -2.15. The summed E-state index contributed by atoms with van der Waals surface area (Å²) in [7, 11) is 0. The predicted molar refractivity (Wildman–Crippen MR) is 32.7 cm³/mol. The van der Waals surface area contributed by atoms with Gasteiger partial charge in [-0.15, -0.1) is 0 Å². The highest BCUT2D eigenvalue weighted by Crippen LogP contribution is 2.04. The van der Waals surface area contributed by atoms with E-state index < -0.39 is 0 Å². The molecule has 0 amide bonds. The minimum atomic E-state index is -0.281. The van der Waals surface area contributed by atoms with E-state index in [1.54, 1.807) is 6.08 Å². The summed E-state index contributed by atoms with van der Waals surface area (Å²) in [5.41, 5.74) is 5.25. The molecular weight excluding hydrogens is 118 g/mol. The van der Waals surface area contributed by atoms with Crippen molar-refractivity contribution in [1.82, 2.24) is 0 Å². The van der Waals surface area contributed by atoms with Crippen molar-refractivity contribution in [3.05, 3.63) is 12.2 Å². The topological polar surface area (TPSA) is 52.3 Å². The summed E-state index contributed by atoms with van der Waals surface area (Å²) in [6.45, 7) is 0.413. The van der Waals surface area contributed by atoms with Crippen molar-refractivity contribution in [2.24, 2.45) is 5.73 Å². The van der Waals surface area contributed by atoms with E-state index in [2.05, 4.69) is 0 Å². The fourth-order valence-electron chi connectivity index (χ4n) is 0.712. The van der Waals surface area contributed by atoms with Crippen molar-refractivity contribution in [2.75, 3.05) is 6.54 Å². The maximum absolute atomic E-state index is 10.5. The number of ether oxygens (including phenoxy) is 1. The van der Waals surface area contributed by atoms with Gasteiger partial charge in [-0.05, 0) is 0 Å². The highest BCUT2D eigenvalue weighted by atomic mass is 16.5. The highest BCUT2D eigenvalue weighted by molar-refractivity contribution is 5.82. The van der Waals surface area contributed by atoms with Crippen LogP contribution in [-0.4, -0.2) is 18.6 Å². The van der Waals surface area contributed by atoms with Crippen LogP contribution in [0.1, 0.15) is 6.42 Å². The second-order valence-corrected chi connectivity index (χ2v) is 1.93. The quantitative estimate of drug-likeness (QED) is 0.497. The fourth-order valence-corrected chi connectivity index (χ4v) is 0.712. The summed E-state index contributed by atoms with van der Waals surface area (Å²) in [4.78, 5) is 10.5. The Kier molecular flexibility index (Phi) is 1.85. The first kappa shape index (κ1) is 6.29. The largest absolute Gasteiger partial charge is 0.458 e. The van der Waals surface area contributed by atoms with Crippen LogP contribution < -0.4 is 5.73 Å². The third-order valence-corrected chi connectivity index (χ3v) is 1.20. The van der Waals surface area contributed by atoms with E-state index in [9.17, 15) is 4.79 Å². The van der Waals surface area contributed by atoms with Gasteiger partial charge in [0.1, 0.15) is 6.10 Å². The molecule has 0 spiro atoms. The molecule has 3 heteroatoms. The minimum Gasteiger partial charge on any atom is -0.458 e. The zero-order chi connectivity index (χ0) is 6.69. The summed E-state index contributed by atoms with van der Waals surface area (Å²) >= 11 is 0. The Morgan fingerprint density at radius 1 is 1.89 bits per heavy atom. The SMILES string of the molecule is NC[C@@H]1CC=CC(=O)O1. The van der Waals surface area contributed by atoms with Gasteiger partial charge < -0.3 is 10.5 Å². The molecule has 1 aliphatic heterocycles. The molecule has 0 bridgehead atoms. The summed E-state index contributed by atoms with van der Waals surface area (Å²) in [5, 5.41) is 0. The highest BCUT2D eigenvalue weighted by Gasteiger charge is 2.12. The molecule has 50 valence electrons. The molecule has 0 aromatic carbocycles. The first-order chi connectivity index (χ1) is 4.33. The molecule has 0 aromatic heterocycles. The minimum absolute atomic E-state index is 0.0949. The molecule has 1 aliphatic rings. The third kappa shape index (κ3) is 1.54. The zero-order valence-corrected chi connectivity index (χ0v) is 5.04. The van der Waals surface area contributed by atoms with Crippen molar-refractivity contribution < 1.29 is 9.53 Å². The predicted octanol–water partition coefficient (Wildman–Crippen LogP) is -0.183. The van der Waals surface area contributed by atoms with Gasteiger partial charge in [0.2, 0.25) is 0 Å². The molecule has 1 heterocycles. The third-order valence-electron chi connectivity index (χ3n) is 1.20. The van der Waals surface area contributed by atoms with Gasteiger partial charge in [0.15, 0.2) is 0 Å².